The van der Waals surface area contributed by atoms with Gasteiger partial charge in [-0.05, 0) is 37.4 Å². The van der Waals surface area contributed by atoms with Gasteiger partial charge in [0, 0.05) is 29.6 Å². The van der Waals surface area contributed by atoms with Gasteiger partial charge in [0.15, 0.2) is 0 Å². The minimum atomic E-state index is 0.243. The fourth-order valence-corrected chi connectivity index (χ4v) is 3.45. The summed E-state index contributed by atoms with van der Waals surface area (Å²) in [6.07, 6.45) is 4.04. The SMILES string of the molecule is CCNC(Cc1ccn(C(C)CC)n1)c1sccc1Cl. The van der Waals surface area contributed by atoms with Gasteiger partial charge in [-0.2, -0.15) is 5.10 Å². The van der Waals surface area contributed by atoms with Gasteiger partial charge in [-0.25, -0.2) is 0 Å². The Kier molecular flexibility index (Phi) is 5.64. The van der Waals surface area contributed by atoms with Crippen LogP contribution in [0.2, 0.25) is 5.02 Å². The van der Waals surface area contributed by atoms with E-state index in [1.807, 2.05) is 16.1 Å². The summed E-state index contributed by atoms with van der Waals surface area (Å²) in [6, 6.07) is 4.77. The average Bonchev–Trinajstić information content (AvgIpc) is 3.06. The molecule has 2 rings (SSSR count). The standard InChI is InChI=1S/C15H22ClN3S/c1-4-11(3)19-8-6-12(18-19)10-14(17-5-2)15-13(16)7-9-20-15/h6-9,11,14,17H,4-5,10H2,1-3H3. The molecule has 0 spiro atoms. The summed E-state index contributed by atoms with van der Waals surface area (Å²) < 4.78 is 2.05. The topological polar surface area (TPSA) is 29.9 Å². The van der Waals surface area contributed by atoms with Gasteiger partial charge >= 0.3 is 0 Å². The van der Waals surface area contributed by atoms with Crippen molar-refractivity contribution in [2.45, 2.75) is 45.7 Å². The molecule has 0 saturated heterocycles. The van der Waals surface area contributed by atoms with Crippen LogP contribution in [0.25, 0.3) is 0 Å². The van der Waals surface area contributed by atoms with E-state index in [-0.39, 0.29) is 6.04 Å². The first-order valence-electron chi connectivity index (χ1n) is 7.16. The third kappa shape index (κ3) is 3.62. The number of rotatable bonds is 7. The molecule has 3 nitrogen and oxygen atoms in total. The van der Waals surface area contributed by atoms with E-state index in [9.17, 15) is 0 Å². The second kappa shape index (κ2) is 7.25. The Labute approximate surface area is 130 Å². The number of hydrogen-bond acceptors (Lipinski definition) is 3. The normalized spacial score (nSPS) is 14.4. The van der Waals surface area contributed by atoms with Crippen LogP contribution in [0.1, 0.15) is 49.8 Å². The molecule has 2 aromatic rings. The Morgan fingerprint density at radius 2 is 2.20 bits per heavy atom. The van der Waals surface area contributed by atoms with E-state index in [4.69, 9.17) is 11.6 Å². The second-order valence-electron chi connectivity index (χ2n) is 4.99. The van der Waals surface area contributed by atoms with Crippen molar-refractivity contribution in [2.24, 2.45) is 0 Å². The molecule has 0 fully saturated rings. The molecule has 0 saturated carbocycles. The molecule has 2 heterocycles. The fourth-order valence-electron chi connectivity index (χ4n) is 2.19. The maximum Gasteiger partial charge on any atom is 0.0644 e. The van der Waals surface area contributed by atoms with Crippen LogP contribution in [0.15, 0.2) is 23.7 Å². The Balaban J connectivity index is 2.12. The molecule has 0 aromatic carbocycles. The zero-order chi connectivity index (χ0) is 14.5. The van der Waals surface area contributed by atoms with Crippen LogP contribution in [0.5, 0.6) is 0 Å². The van der Waals surface area contributed by atoms with E-state index in [1.54, 1.807) is 11.3 Å². The van der Waals surface area contributed by atoms with E-state index < -0.39 is 0 Å². The quantitative estimate of drug-likeness (QED) is 0.818. The third-order valence-electron chi connectivity index (χ3n) is 3.53. The molecular weight excluding hydrogens is 290 g/mol. The largest absolute Gasteiger partial charge is 0.309 e. The van der Waals surface area contributed by atoms with Crippen molar-refractivity contribution in [3.63, 3.8) is 0 Å². The lowest BCUT2D eigenvalue weighted by molar-refractivity contribution is 0.467. The predicted octanol–water partition coefficient (Wildman–Crippen LogP) is 4.46. The fraction of sp³-hybridized carbons (Fsp3) is 0.533. The van der Waals surface area contributed by atoms with Gasteiger partial charge in [-0.3, -0.25) is 4.68 Å². The third-order valence-corrected chi connectivity index (χ3v) is 5.00. The number of aromatic nitrogens is 2. The van der Waals surface area contributed by atoms with Crippen molar-refractivity contribution < 1.29 is 0 Å². The number of thiophene rings is 1. The van der Waals surface area contributed by atoms with Gasteiger partial charge in [-0.1, -0.05) is 25.4 Å². The van der Waals surface area contributed by atoms with Crippen molar-refractivity contribution >= 4 is 22.9 Å². The number of hydrogen-bond donors (Lipinski definition) is 1. The molecule has 0 aliphatic heterocycles. The van der Waals surface area contributed by atoms with Crippen LogP contribution < -0.4 is 5.32 Å². The molecular formula is C15H22ClN3S. The highest BCUT2D eigenvalue weighted by Crippen LogP contribution is 2.30. The van der Waals surface area contributed by atoms with Crippen LogP contribution in [0.3, 0.4) is 0 Å². The smallest absolute Gasteiger partial charge is 0.0644 e. The minimum absolute atomic E-state index is 0.243. The number of nitrogens with one attached hydrogen (secondary N) is 1. The van der Waals surface area contributed by atoms with Gasteiger partial charge < -0.3 is 5.32 Å². The summed E-state index contributed by atoms with van der Waals surface area (Å²) >= 11 is 7.96. The van der Waals surface area contributed by atoms with E-state index in [0.29, 0.717) is 6.04 Å². The molecule has 110 valence electrons. The number of halogens is 1. The molecule has 20 heavy (non-hydrogen) atoms. The molecule has 1 N–H and O–H groups in total. The van der Waals surface area contributed by atoms with Crippen LogP contribution >= 0.6 is 22.9 Å². The van der Waals surface area contributed by atoms with Gasteiger partial charge in [0.05, 0.1) is 10.7 Å². The summed E-state index contributed by atoms with van der Waals surface area (Å²) in [5.41, 5.74) is 1.11. The number of nitrogens with zero attached hydrogens (tertiary/aromatic N) is 2. The van der Waals surface area contributed by atoms with Crippen LogP contribution in [0, 0.1) is 0 Å². The molecule has 0 amide bonds. The van der Waals surface area contributed by atoms with E-state index >= 15 is 0 Å². The molecule has 2 atom stereocenters. The molecule has 2 unspecified atom stereocenters. The average molecular weight is 312 g/mol. The lowest BCUT2D eigenvalue weighted by atomic mass is 10.1. The predicted molar refractivity (Wildman–Crippen MR) is 86.7 cm³/mol. The monoisotopic (exact) mass is 311 g/mol. The van der Waals surface area contributed by atoms with Crippen molar-refractivity contribution in [3.05, 3.63) is 39.3 Å². The van der Waals surface area contributed by atoms with Gasteiger partial charge in [-0.15, -0.1) is 11.3 Å². The van der Waals surface area contributed by atoms with Gasteiger partial charge in [0.2, 0.25) is 0 Å². The zero-order valence-corrected chi connectivity index (χ0v) is 13.8. The summed E-state index contributed by atoms with van der Waals surface area (Å²) in [5, 5.41) is 11.1. The van der Waals surface area contributed by atoms with Crippen LogP contribution in [-0.4, -0.2) is 16.3 Å². The van der Waals surface area contributed by atoms with Crippen molar-refractivity contribution in [2.75, 3.05) is 6.54 Å². The van der Waals surface area contributed by atoms with Gasteiger partial charge in [0.1, 0.15) is 0 Å². The minimum Gasteiger partial charge on any atom is -0.309 e. The Morgan fingerprint density at radius 3 is 2.80 bits per heavy atom. The van der Waals surface area contributed by atoms with Gasteiger partial charge in [0.25, 0.3) is 0 Å². The molecule has 5 heteroatoms. The maximum absolute atomic E-state index is 6.26. The Hall–Kier alpha value is -0.840. The first-order valence-corrected chi connectivity index (χ1v) is 8.41. The van der Waals surface area contributed by atoms with Crippen LogP contribution in [0.4, 0.5) is 0 Å². The van der Waals surface area contributed by atoms with E-state index in [1.165, 1.54) is 4.88 Å². The molecule has 0 aliphatic carbocycles. The van der Waals surface area contributed by atoms with E-state index in [2.05, 4.69) is 43.4 Å². The Bertz CT molecular complexity index is 535. The lowest BCUT2D eigenvalue weighted by Crippen LogP contribution is -2.22. The molecule has 2 aromatic heterocycles. The molecule has 0 bridgehead atoms. The summed E-state index contributed by atoms with van der Waals surface area (Å²) in [4.78, 5) is 1.20. The first-order chi connectivity index (χ1) is 9.65. The zero-order valence-electron chi connectivity index (χ0n) is 12.3. The summed E-state index contributed by atoms with van der Waals surface area (Å²) in [6.45, 7) is 7.41. The highest BCUT2D eigenvalue weighted by atomic mass is 35.5. The molecule has 0 radical (unpaired) electrons. The lowest BCUT2D eigenvalue weighted by Gasteiger charge is -2.16. The van der Waals surface area contributed by atoms with Crippen molar-refractivity contribution in [1.82, 2.24) is 15.1 Å². The summed E-state index contributed by atoms with van der Waals surface area (Å²) in [7, 11) is 0. The maximum atomic E-state index is 6.26. The highest BCUT2D eigenvalue weighted by Gasteiger charge is 2.17. The summed E-state index contributed by atoms with van der Waals surface area (Å²) in [5.74, 6) is 0. The molecule has 0 aliphatic rings. The van der Waals surface area contributed by atoms with E-state index in [0.717, 1.165) is 30.1 Å². The first kappa shape index (κ1) is 15.5. The van der Waals surface area contributed by atoms with Crippen molar-refractivity contribution in [1.29, 1.82) is 0 Å². The second-order valence-corrected chi connectivity index (χ2v) is 6.35. The highest BCUT2D eigenvalue weighted by molar-refractivity contribution is 7.10. The number of likely N-dealkylation sites (N-methyl/N-ethyl adjacent to an activating group) is 1. The van der Waals surface area contributed by atoms with Crippen molar-refractivity contribution in [3.8, 4) is 0 Å². The van der Waals surface area contributed by atoms with Crippen LogP contribution in [-0.2, 0) is 6.42 Å². The Morgan fingerprint density at radius 1 is 1.40 bits per heavy atom.